The summed E-state index contributed by atoms with van der Waals surface area (Å²) in [4.78, 5) is 14.8. The van der Waals surface area contributed by atoms with E-state index in [-0.39, 0.29) is 17.1 Å². The maximum Gasteiger partial charge on any atom is 0.224 e. The highest BCUT2D eigenvalue weighted by atomic mass is 79.9. The molecule has 0 unspecified atom stereocenters. The van der Waals surface area contributed by atoms with Crippen LogP contribution in [0.3, 0.4) is 0 Å². The van der Waals surface area contributed by atoms with Crippen LogP contribution in [0, 0.1) is 5.82 Å². The van der Waals surface area contributed by atoms with Gasteiger partial charge in [0.25, 0.3) is 0 Å². The quantitative estimate of drug-likeness (QED) is 0.786. The largest absolute Gasteiger partial charge is 0.480 e. The lowest BCUT2D eigenvalue weighted by Crippen LogP contribution is -1.99. The fourth-order valence-electron chi connectivity index (χ4n) is 1.61. The Bertz CT molecular complexity index is 649. The summed E-state index contributed by atoms with van der Waals surface area (Å²) in [6.07, 6.45) is 0.487. The van der Waals surface area contributed by atoms with E-state index in [4.69, 9.17) is 16.3 Å². The monoisotopic (exact) mass is 343 g/mol. The van der Waals surface area contributed by atoms with Gasteiger partial charge >= 0.3 is 0 Å². The molecule has 2 rings (SSSR count). The molecule has 0 radical (unpaired) electrons. The first kappa shape index (κ1) is 14.0. The smallest absolute Gasteiger partial charge is 0.224 e. The van der Waals surface area contributed by atoms with E-state index in [1.807, 2.05) is 0 Å². The fraction of sp³-hybridized carbons (Fsp3) is 0.0769. The van der Waals surface area contributed by atoms with Gasteiger partial charge in [-0.15, -0.1) is 0 Å². The molecule has 98 valence electrons. The molecular formula is C13H8BrClFNO2. The Balaban J connectivity index is 2.69. The second-order valence-corrected chi connectivity index (χ2v) is 4.87. The van der Waals surface area contributed by atoms with Crippen LogP contribution in [0.4, 0.5) is 4.39 Å². The first-order valence-electron chi connectivity index (χ1n) is 5.22. The van der Waals surface area contributed by atoms with Gasteiger partial charge in [0.05, 0.1) is 17.7 Å². The molecule has 2 aromatic rings. The number of rotatable bonds is 3. The molecule has 1 aromatic heterocycles. The Morgan fingerprint density at radius 1 is 1.47 bits per heavy atom. The Hall–Kier alpha value is -1.46. The van der Waals surface area contributed by atoms with Crippen molar-refractivity contribution in [2.24, 2.45) is 0 Å². The van der Waals surface area contributed by atoms with Crippen LogP contribution in [-0.4, -0.2) is 18.4 Å². The van der Waals surface area contributed by atoms with E-state index in [1.54, 1.807) is 18.2 Å². The first-order valence-corrected chi connectivity index (χ1v) is 6.39. The molecule has 1 aromatic carbocycles. The zero-order valence-electron chi connectivity index (χ0n) is 9.78. The first-order chi connectivity index (χ1) is 9.08. The van der Waals surface area contributed by atoms with Crippen molar-refractivity contribution in [2.45, 2.75) is 0 Å². The zero-order valence-corrected chi connectivity index (χ0v) is 12.1. The molecule has 3 nitrogen and oxygen atoms in total. The summed E-state index contributed by atoms with van der Waals surface area (Å²) in [5, 5.41) is 0.342. The zero-order chi connectivity index (χ0) is 14.0. The van der Waals surface area contributed by atoms with Crippen LogP contribution < -0.4 is 4.74 Å². The average molecular weight is 345 g/mol. The van der Waals surface area contributed by atoms with Crippen LogP contribution in [0.1, 0.15) is 10.4 Å². The summed E-state index contributed by atoms with van der Waals surface area (Å²) in [6, 6.07) is 6.16. The van der Waals surface area contributed by atoms with Gasteiger partial charge in [0, 0.05) is 10.0 Å². The number of hydrogen-bond acceptors (Lipinski definition) is 3. The Kier molecular flexibility index (Phi) is 4.17. The van der Waals surface area contributed by atoms with E-state index in [9.17, 15) is 9.18 Å². The van der Waals surface area contributed by atoms with Gasteiger partial charge in [-0.3, -0.25) is 4.79 Å². The van der Waals surface area contributed by atoms with Gasteiger partial charge in [-0.25, -0.2) is 9.37 Å². The third kappa shape index (κ3) is 2.62. The van der Waals surface area contributed by atoms with E-state index >= 15 is 0 Å². The highest BCUT2D eigenvalue weighted by molar-refractivity contribution is 9.10. The second kappa shape index (κ2) is 5.67. The highest BCUT2D eigenvalue weighted by Gasteiger charge is 2.16. The average Bonchev–Trinajstić information content (AvgIpc) is 2.42. The van der Waals surface area contributed by atoms with Crippen LogP contribution in [0.15, 0.2) is 28.7 Å². The van der Waals surface area contributed by atoms with Crippen molar-refractivity contribution in [1.82, 2.24) is 4.98 Å². The number of aldehydes is 1. The van der Waals surface area contributed by atoms with Crippen molar-refractivity contribution < 1.29 is 13.9 Å². The predicted octanol–water partition coefficient (Wildman–Crippen LogP) is 4.12. The number of hydrogen-bond donors (Lipinski definition) is 0. The van der Waals surface area contributed by atoms with Crippen molar-refractivity contribution in [3.05, 3.63) is 45.1 Å². The summed E-state index contributed by atoms with van der Waals surface area (Å²) in [6.45, 7) is 0. The molecule has 0 aliphatic heterocycles. The minimum absolute atomic E-state index is 0.0359. The van der Waals surface area contributed by atoms with Crippen LogP contribution in [-0.2, 0) is 0 Å². The van der Waals surface area contributed by atoms with Gasteiger partial charge in [0.1, 0.15) is 5.69 Å². The van der Waals surface area contributed by atoms with Crippen molar-refractivity contribution >= 4 is 33.8 Å². The fourth-order valence-corrected chi connectivity index (χ4v) is 2.19. The van der Waals surface area contributed by atoms with Crippen molar-refractivity contribution in [1.29, 1.82) is 0 Å². The van der Waals surface area contributed by atoms with Gasteiger partial charge in [0.2, 0.25) is 5.88 Å². The molecule has 19 heavy (non-hydrogen) atoms. The summed E-state index contributed by atoms with van der Waals surface area (Å²) >= 11 is 9.37. The number of pyridine rings is 1. The topological polar surface area (TPSA) is 39.2 Å². The van der Waals surface area contributed by atoms with Gasteiger partial charge < -0.3 is 4.74 Å². The third-order valence-electron chi connectivity index (χ3n) is 2.50. The molecule has 0 bridgehead atoms. The lowest BCUT2D eigenvalue weighted by atomic mass is 10.1. The maximum absolute atomic E-state index is 14.0. The standard InChI is InChI=1S/C13H8BrClFNO2/c1-19-13-7(6-18)5-10(16)12(17-13)8-3-2-4-9(14)11(8)15/h2-6H,1H3. The van der Waals surface area contributed by atoms with E-state index in [2.05, 4.69) is 20.9 Å². The molecule has 6 heteroatoms. The lowest BCUT2D eigenvalue weighted by molar-refractivity contribution is 0.111. The number of halogens is 3. The molecule has 1 heterocycles. The molecule has 0 aliphatic carbocycles. The van der Waals surface area contributed by atoms with Crippen molar-refractivity contribution in [2.75, 3.05) is 7.11 Å². The van der Waals surface area contributed by atoms with E-state index in [0.29, 0.717) is 21.3 Å². The lowest BCUT2D eigenvalue weighted by Gasteiger charge is -2.09. The molecule has 0 fully saturated rings. The van der Waals surface area contributed by atoms with E-state index < -0.39 is 5.82 Å². The Labute approximate surface area is 122 Å². The van der Waals surface area contributed by atoms with Crippen molar-refractivity contribution in [3.8, 4) is 17.1 Å². The highest BCUT2D eigenvalue weighted by Crippen LogP contribution is 2.35. The minimum Gasteiger partial charge on any atom is -0.480 e. The summed E-state index contributed by atoms with van der Waals surface area (Å²) in [7, 11) is 1.36. The molecule has 0 amide bonds. The molecule has 0 atom stereocenters. The Morgan fingerprint density at radius 2 is 2.21 bits per heavy atom. The van der Waals surface area contributed by atoms with Crippen LogP contribution in [0.25, 0.3) is 11.3 Å². The maximum atomic E-state index is 14.0. The third-order valence-corrected chi connectivity index (χ3v) is 3.79. The van der Waals surface area contributed by atoms with Gasteiger partial charge in [-0.05, 0) is 28.1 Å². The number of aromatic nitrogens is 1. The number of methoxy groups -OCH3 is 1. The summed E-state index contributed by atoms with van der Waals surface area (Å²) in [5.74, 6) is -0.578. The van der Waals surface area contributed by atoms with Gasteiger partial charge in [-0.1, -0.05) is 23.7 Å². The number of ether oxygens (including phenoxy) is 1. The molecule has 0 saturated carbocycles. The molecular weight excluding hydrogens is 337 g/mol. The number of nitrogens with zero attached hydrogens (tertiary/aromatic N) is 1. The van der Waals surface area contributed by atoms with Crippen LogP contribution >= 0.6 is 27.5 Å². The molecule has 0 spiro atoms. The molecule has 0 N–H and O–H groups in total. The summed E-state index contributed by atoms with van der Waals surface area (Å²) < 4.78 is 19.6. The SMILES string of the molecule is COc1nc(-c2cccc(Br)c2Cl)c(F)cc1C=O. The second-order valence-electron chi connectivity index (χ2n) is 3.64. The van der Waals surface area contributed by atoms with Crippen LogP contribution in [0.5, 0.6) is 5.88 Å². The number of carbonyl (C=O) groups is 1. The van der Waals surface area contributed by atoms with Crippen LogP contribution in [0.2, 0.25) is 5.02 Å². The predicted molar refractivity (Wildman–Crippen MR) is 74.3 cm³/mol. The number of carbonyl (C=O) groups excluding carboxylic acids is 1. The minimum atomic E-state index is -0.636. The normalized spacial score (nSPS) is 10.3. The molecule has 0 aliphatic rings. The van der Waals surface area contributed by atoms with E-state index in [1.165, 1.54) is 7.11 Å². The summed E-state index contributed by atoms with van der Waals surface area (Å²) in [5.41, 5.74) is 0.507. The molecule has 0 saturated heterocycles. The van der Waals surface area contributed by atoms with Gasteiger partial charge in [-0.2, -0.15) is 0 Å². The van der Waals surface area contributed by atoms with Gasteiger partial charge in [0.15, 0.2) is 12.1 Å². The van der Waals surface area contributed by atoms with Crippen molar-refractivity contribution in [3.63, 3.8) is 0 Å². The van der Waals surface area contributed by atoms with E-state index in [0.717, 1.165) is 6.07 Å². The number of benzene rings is 1. The Morgan fingerprint density at radius 3 is 2.84 bits per heavy atom.